The number of nitrogens with one attached hydrogen (secondary N) is 1. The number of alkyl halides is 4. The molecule has 0 bridgehead atoms. The summed E-state index contributed by atoms with van der Waals surface area (Å²) in [4.78, 5) is 0. The smallest absolute Gasteiger partial charge is 0.316 e. The van der Waals surface area contributed by atoms with Gasteiger partial charge in [-0.2, -0.15) is 13.2 Å². The SMILES string of the molecule is CNC1CC(F)CC1C(F)(F)F. The Morgan fingerprint density at radius 2 is 1.83 bits per heavy atom. The minimum Gasteiger partial charge on any atom is -0.316 e. The van der Waals surface area contributed by atoms with Crippen LogP contribution in [0.4, 0.5) is 17.6 Å². The summed E-state index contributed by atoms with van der Waals surface area (Å²) in [7, 11) is 1.43. The number of hydrogen-bond acceptors (Lipinski definition) is 1. The fourth-order valence-corrected chi connectivity index (χ4v) is 1.66. The molecule has 0 heterocycles. The molecule has 3 atom stereocenters. The summed E-state index contributed by atoms with van der Waals surface area (Å²) in [5, 5.41) is 2.49. The van der Waals surface area contributed by atoms with E-state index in [1.807, 2.05) is 0 Å². The fraction of sp³-hybridized carbons (Fsp3) is 1.00. The first-order chi connectivity index (χ1) is 5.45. The molecule has 1 nitrogen and oxygen atoms in total. The van der Waals surface area contributed by atoms with Gasteiger partial charge in [0.25, 0.3) is 0 Å². The molecule has 1 rings (SSSR count). The summed E-state index contributed by atoms with van der Waals surface area (Å²) >= 11 is 0. The van der Waals surface area contributed by atoms with Crippen LogP contribution in [0.15, 0.2) is 0 Å². The van der Waals surface area contributed by atoms with Crippen LogP contribution in [0.25, 0.3) is 0 Å². The molecule has 12 heavy (non-hydrogen) atoms. The molecule has 0 aromatic heterocycles. The molecular formula is C7H11F4N. The molecule has 0 amide bonds. The molecule has 0 aromatic carbocycles. The Morgan fingerprint density at radius 1 is 1.25 bits per heavy atom. The average molecular weight is 185 g/mol. The second-order valence-corrected chi connectivity index (χ2v) is 3.11. The summed E-state index contributed by atoms with van der Waals surface area (Å²) in [5.74, 6) is -1.52. The lowest BCUT2D eigenvalue weighted by Gasteiger charge is -2.20. The van der Waals surface area contributed by atoms with E-state index in [0.29, 0.717) is 0 Å². The second kappa shape index (κ2) is 3.20. The van der Waals surface area contributed by atoms with Gasteiger partial charge in [0.1, 0.15) is 6.17 Å². The van der Waals surface area contributed by atoms with Crippen molar-refractivity contribution in [2.75, 3.05) is 7.05 Å². The van der Waals surface area contributed by atoms with Crippen LogP contribution in [0, 0.1) is 5.92 Å². The van der Waals surface area contributed by atoms with Crippen molar-refractivity contribution in [3.8, 4) is 0 Å². The first-order valence-corrected chi connectivity index (χ1v) is 3.83. The Morgan fingerprint density at radius 3 is 2.17 bits per heavy atom. The molecule has 0 radical (unpaired) electrons. The minimum atomic E-state index is -4.27. The monoisotopic (exact) mass is 185 g/mol. The van der Waals surface area contributed by atoms with Crippen LogP contribution in [0.5, 0.6) is 0 Å². The lowest BCUT2D eigenvalue weighted by Crippen LogP contribution is -2.37. The average Bonchev–Trinajstić information content (AvgIpc) is 2.29. The molecule has 0 saturated heterocycles. The van der Waals surface area contributed by atoms with Gasteiger partial charge < -0.3 is 5.32 Å². The van der Waals surface area contributed by atoms with E-state index in [9.17, 15) is 17.6 Å². The molecule has 1 fully saturated rings. The maximum atomic E-state index is 12.6. The van der Waals surface area contributed by atoms with Crippen LogP contribution in [-0.2, 0) is 0 Å². The molecule has 1 aliphatic carbocycles. The van der Waals surface area contributed by atoms with Gasteiger partial charge in [0.15, 0.2) is 0 Å². The molecule has 1 saturated carbocycles. The first-order valence-electron chi connectivity index (χ1n) is 3.83. The van der Waals surface area contributed by atoms with E-state index < -0.39 is 30.7 Å². The highest BCUT2D eigenvalue weighted by molar-refractivity contribution is 4.91. The van der Waals surface area contributed by atoms with Crippen molar-refractivity contribution < 1.29 is 17.6 Å². The third kappa shape index (κ3) is 1.88. The molecular weight excluding hydrogens is 174 g/mol. The fourth-order valence-electron chi connectivity index (χ4n) is 1.66. The van der Waals surface area contributed by atoms with E-state index in [0.717, 1.165) is 0 Å². The predicted molar refractivity (Wildman–Crippen MR) is 36.5 cm³/mol. The van der Waals surface area contributed by atoms with Crippen molar-refractivity contribution in [2.45, 2.75) is 31.2 Å². The number of rotatable bonds is 1. The number of halogens is 4. The topological polar surface area (TPSA) is 12.0 Å². The van der Waals surface area contributed by atoms with E-state index >= 15 is 0 Å². The van der Waals surface area contributed by atoms with E-state index in [1.165, 1.54) is 7.05 Å². The van der Waals surface area contributed by atoms with Crippen LogP contribution in [0.1, 0.15) is 12.8 Å². The Kier molecular flexibility index (Phi) is 2.61. The van der Waals surface area contributed by atoms with Gasteiger partial charge in [0, 0.05) is 6.04 Å². The van der Waals surface area contributed by atoms with Crippen LogP contribution < -0.4 is 5.32 Å². The van der Waals surface area contributed by atoms with Gasteiger partial charge in [-0.1, -0.05) is 0 Å². The minimum absolute atomic E-state index is 0.0271. The highest BCUT2D eigenvalue weighted by atomic mass is 19.4. The summed E-state index contributed by atoms with van der Waals surface area (Å²) in [6.07, 6.45) is -6.00. The Bertz CT molecular complexity index is 156. The largest absolute Gasteiger partial charge is 0.393 e. The quantitative estimate of drug-likeness (QED) is 0.615. The highest BCUT2D eigenvalue weighted by Crippen LogP contribution is 2.40. The van der Waals surface area contributed by atoms with Crippen molar-refractivity contribution in [1.82, 2.24) is 5.32 Å². The molecule has 0 aliphatic heterocycles. The lowest BCUT2D eigenvalue weighted by atomic mass is 10.0. The molecule has 1 aliphatic rings. The van der Waals surface area contributed by atoms with Crippen molar-refractivity contribution in [3.63, 3.8) is 0 Å². The van der Waals surface area contributed by atoms with E-state index in [4.69, 9.17) is 0 Å². The molecule has 0 spiro atoms. The zero-order chi connectivity index (χ0) is 9.35. The van der Waals surface area contributed by atoms with Crippen molar-refractivity contribution in [2.24, 2.45) is 5.92 Å². The van der Waals surface area contributed by atoms with Crippen LogP contribution in [-0.4, -0.2) is 25.4 Å². The zero-order valence-corrected chi connectivity index (χ0v) is 6.66. The molecule has 72 valence electrons. The van der Waals surface area contributed by atoms with Crippen LogP contribution in [0.3, 0.4) is 0 Å². The van der Waals surface area contributed by atoms with Gasteiger partial charge in [-0.15, -0.1) is 0 Å². The third-order valence-electron chi connectivity index (χ3n) is 2.30. The first kappa shape index (κ1) is 9.77. The molecule has 1 N–H and O–H groups in total. The van der Waals surface area contributed by atoms with Gasteiger partial charge >= 0.3 is 6.18 Å². The van der Waals surface area contributed by atoms with Gasteiger partial charge in [-0.3, -0.25) is 0 Å². The van der Waals surface area contributed by atoms with E-state index in [1.54, 1.807) is 0 Å². The second-order valence-electron chi connectivity index (χ2n) is 3.11. The van der Waals surface area contributed by atoms with E-state index in [2.05, 4.69) is 5.32 Å². The summed E-state index contributed by atoms with van der Waals surface area (Å²) in [6.45, 7) is 0. The summed E-state index contributed by atoms with van der Waals surface area (Å²) in [5.41, 5.74) is 0. The van der Waals surface area contributed by atoms with E-state index in [-0.39, 0.29) is 6.42 Å². The van der Waals surface area contributed by atoms with Gasteiger partial charge in [-0.25, -0.2) is 4.39 Å². The molecule has 0 aromatic rings. The predicted octanol–water partition coefficient (Wildman–Crippen LogP) is 1.88. The standard InChI is InChI=1S/C7H11F4N/c1-12-6-3-4(8)2-5(6)7(9,10)11/h4-6,12H,2-3H2,1H3. The van der Waals surface area contributed by atoms with Gasteiger partial charge in [0.05, 0.1) is 5.92 Å². The third-order valence-corrected chi connectivity index (χ3v) is 2.30. The lowest BCUT2D eigenvalue weighted by molar-refractivity contribution is -0.178. The van der Waals surface area contributed by atoms with Crippen LogP contribution >= 0.6 is 0 Å². The Labute approximate surface area is 68.1 Å². The van der Waals surface area contributed by atoms with Gasteiger partial charge in [0.2, 0.25) is 0 Å². The molecule has 5 heteroatoms. The maximum Gasteiger partial charge on any atom is 0.393 e. The van der Waals surface area contributed by atoms with Crippen molar-refractivity contribution in [3.05, 3.63) is 0 Å². The molecule has 3 unspecified atom stereocenters. The summed E-state index contributed by atoms with van der Waals surface area (Å²) in [6, 6.07) is -0.750. The number of hydrogen-bond donors (Lipinski definition) is 1. The van der Waals surface area contributed by atoms with Crippen molar-refractivity contribution >= 4 is 0 Å². The van der Waals surface area contributed by atoms with Crippen molar-refractivity contribution in [1.29, 1.82) is 0 Å². The Hall–Kier alpha value is -0.320. The highest BCUT2D eigenvalue weighted by Gasteiger charge is 2.49. The summed E-state index contributed by atoms with van der Waals surface area (Å²) < 4.78 is 49.1. The van der Waals surface area contributed by atoms with Gasteiger partial charge in [-0.05, 0) is 19.9 Å². The Balaban J connectivity index is 2.64. The zero-order valence-electron chi connectivity index (χ0n) is 6.66. The normalized spacial score (nSPS) is 37.2. The van der Waals surface area contributed by atoms with Crippen LogP contribution in [0.2, 0.25) is 0 Å². The maximum absolute atomic E-state index is 12.6.